The van der Waals surface area contributed by atoms with Gasteiger partial charge in [-0.2, -0.15) is 0 Å². The minimum atomic E-state index is 0.392. The van der Waals surface area contributed by atoms with Crippen LogP contribution < -0.4 is 5.32 Å². The van der Waals surface area contributed by atoms with Crippen LogP contribution in [0.25, 0.3) is 0 Å². The molecule has 1 unspecified atom stereocenters. The quantitative estimate of drug-likeness (QED) is 0.816. The second-order valence-corrected chi connectivity index (χ2v) is 6.38. The first-order valence-electron chi connectivity index (χ1n) is 6.32. The number of thiophene rings is 1. The van der Waals surface area contributed by atoms with Gasteiger partial charge in [0.15, 0.2) is 0 Å². The summed E-state index contributed by atoms with van der Waals surface area (Å²) in [6.45, 7) is 4.34. The van der Waals surface area contributed by atoms with Gasteiger partial charge in [-0.05, 0) is 42.7 Å². The topological polar surface area (TPSA) is 12.0 Å². The summed E-state index contributed by atoms with van der Waals surface area (Å²) in [4.78, 5) is 2.86. The molecule has 1 nitrogen and oxygen atoms in total. The van der Waals surface area contributed by atoms with Crippen molar-refractivity contribution in [3.63, 3.8) is 0 Å². The van der Waals surface area contributed by atoms with Gasteiger partial charge in [0.25, 0.3) is 0 Å². The van der Waals surface area contributed by atoms with Crippen LogP contribution in [0.3, 0.4) is 0 Å². The van der Waals surface area contributed by atoms with E-state index in [0.29, 0.717) is 6.04 Å². The molecular weight excluding hydrogens is 262 g/mol. The van der Waals surface area contributed by atoms with Crippen molar-refractivity contribution in [3.05, 3.63) is 50.2 Å². The standard InChI is InChI=1S/C15H16ClNS/c1-3-10-5-7-14(18-10)13-8-11-12(16)6-4-9(2)15(11)17-13/h4-7,13,17H,3,8H2,1-2H3. The molecule has 1 atom stereocenters. The summed E-state index contributed by atoms with van der Waals surface area (Å²) in [5, 5.41) is 4.51. The van der Waals surface area contributed by atoms with E-state index in [-0.39, 0.29) is 0 Å². The molecule has 0 spiro atoms. The summed E-state index contributed by atoms with van der Waals surface area (Å²) in [6.07, 6.45) is 2.11. The fourth-order valence-electron chi connectivity index (χ4n) is 2.51. The highest BCUT2D eigenvalue weighted by Crippen LogP contribution is 2.41. The number of aryl methyl sites for hydroxylation is 2. The lowest BCUT2D eigenvalue weighted by molar-refractivity contribution is 0.843. The van der Waals surface area contributed by atoms with Crippen LogP contribution in [0.2, 0.25) is 5.02 Å². The average molecular weight is 278 g/mol. The van der Waals surface area contributed by atoms with Gasteiger partial charge in [0.2, 0.25) is 0 Å². The van der Waals surface area contributed by atoms with Crippen LogP contribution >= 0.6 is 22.9 Å². The minimum absolute atomic E-state index is 0.392. The van der Waals surface area contributed by atoms with Crippen LogP contribution in [0, 0.1) is 6.92 Å². The molecule has 0 bridgehead atoms. The Labute approximate surface area is 117 Å². The zero-order chi connectivity index (χ0) is 12.7. The van der Waals surface area contributed by atoms with Crippen LogP contribution in [-0.2, 0) is 12.8 Å². The normalized spacial score (nSPS) is 17.6. The molecule has 0 aliphatic carbocycles. The first kappa shape index (κ1) is 12.1. The van der Waals surface area contributed by atoms with E-state index in [1.807, 2.05) is 17.4 Å². The molecular formula is C15H16ClNS. The second kappa shape index (κ2) is 4.60. The van der Waals surface area contributed by atoms with Gasteiger partial charge in [-0.3, -0.25) is 0 Å². The Balaban J connectivity index is 1.93. The van der Waals surface area contributed by atoms with Crippen molar-refractivity contribution in [3.8, 4) is 0 Å². The number of benzene rings is 1. The maximum Gasteiger partial charge on any atom is 0.0648 e. The van der Waals surface area contributed by atoms with E-state index < -0.39 is 0 Å². The number of anilines is 1. The Morgan fingerprint density at radius 3 is 2.83 bits per heavy atom. The molecule has 1 aliphatic rings. The van der Waals surface area contributed by atoms with Crippen LogP contribution in [-0.4, -0.2) is 0 Å². The van der Waals surface area contributed by atoms with Gasteiger partial charge in [-0.1, -0.05) is 24.6 Å². The molecule has 1 N–H and O–H groups in total. The Kier molecular flexibility index (Phi) is 3.08. The van der Waals surface area contributed by atoms with Crippen LogP contribution in [0.5, 0.6) is 0 Å². The van der Waals surface area contributed by atoms with Crippen LogP contribution in [0.1, 0.15) is 33.8 Å². The zero-order valence-electron chi connectivity index (χ0n) is 10.6. The van der Waals surface area contributed by atoms with E-state index >= 15 is 0 Å². The largest absolute Gasteiger partial charge is 0.377 e. The fourth-order valence-corrected chi connectivity index (χ4v) is 3.75. The van der Waals surface area contributed by atoms with Crippen LogP contribution in [0.4, 0.5) is 5.69 Å². The number of halogens is 1. The van der Waals surface area contributed by atoms with Gasteiger partial charge in [0, 0.05) is 26.9 Å². The van der Waals surface area contributed by atoms with Gasteiger partial charge in [-0.25, -0.2) is 0 Å². The van der Waals surface area contributed by atoms with E-state index in [1.165, 1.54) is 26.6 Å². The van der Waals surface area contributed by atoms with Crippen molar-refractivity contribution in [1.29, 1.82) is 0 Å². The van der Waals surface area contributed by atoms with E-state index in [0.717, 1.165) is 17.9 Å². The average Bonchev–Trinajstić information content (AvgIpc) is 2.99. The Hall–Kier alpha value is -0.990. The predicted octanol–water partition coefficient (Wildman–Crippen LogP) is 4.98. The molecule has 94 valence electrons. The number of nitrogens with one attached hydrogen (secondary N) is 1. The van der Waals surface area contributed by atoms with Gasteiger partial charge in [-0.15, -0.1) is 11.3 Å². The lowest BCUT2D eigenvalue weighted by Crippen LogP contribution is -2.03. The summed E-state index contributed by atoms with van der Waals surface area (Å²) in [7, 11) is 0. The Morgan fingerprint density at radius 2 is 2.17 bits per heavy atom. The maximum absolute atomic E-state index is 6.29. The summed E-state index contributed by atoms with van der Waals surface area (Å²) >= 11 is 8.20. The molecule has 2 heterocycles. The number of rotatable bonds is 2. The Bertz CT molecular complexity index is 557. The number of hydrogen-bond acceptors (Lipinski definition) is 2. The molecule has 1 aromatic carbocycles. The second-order valence-electron chi connectivity index (χ2n) is 4.78. The van der Waals surface area contributed by atoms with Crippen molar-refractivity contribution >= 4 is 28.6 Å². The van der Waals surface area contributed by atoms with Gasteiger partial charge in [0.05, 0.1) is 6.04 Å². The first-order valence-corrected chi connectivity index (χ1v) is 7.51. The third kappa shape index (κ3) is 1.94. The van der Waals surface area contributed by atoms with E-state index in [9.17, 15) is 0 Å². The SMILES string of the molecule is CCc1ccc(C2Cc3c(Cl)ccc(C)c3N2)s1. The zero-order valence-corrected chi connectivity index (χ0v) is 12.2. The molecule has 3 heteroatoms. The molecule has 2 aromatic rings. The molecule has 0 saturated heterocycles. The highest BCUT2D eigenvalue weighted by atomic mass is 35.5. The molecule has 0 saturated carbocycles. The molecule has 1 aliphatic heterocycles. The van der Waals surface area contributed by atoms with Crippen LogP contribution in [0.15, 0.2) is 24.3 Å². The van der Waals surface area contributed by atoms with E-state index in [2.05, 4.69) is 37.4 Å². The minimum Gasteiger partial charge on any atom is -0.377 e. The highest BCUT2D eigenvalue weighted by Gasteiger charge is 2.26. The van der Waals surface area contributed by atoms with Gasteiger partial charge in [0.1, 0.15) is 0 Å². The predicted molar refractivity (Wildman–Crippen MR) is 80.0 cm³/mol. The number of fused-ring (bicyclic) bond motifs is 1. The molecule has 0 fully saturated rings. The summed E-state index contributed by atoms with van der Waals surface area (Å²) in [5.74, 6) is 0. The Morgan fingerprint density at radius 1 is 1.33 bits per heavy atom. The van der Waals surface area contributed by atoms with Gasteiger partial charge >= 0.3 is 0 Å². The third-order valence-corrected chi connectivity index (χ3v) is 5.26. The van der Waals surface area contributed by atoms with Crippen molar-refractivity contribution < 1.29 is 0 Å². The maximum atomic E-state index is 6.29. The number of hydrogen-bond donors (Lipinski definition) is 1. The molecule has 18 heavy (non-hydrogen) atoms. The van der Waals surface area contributed by atoms with Gasteiger partial charge < -0.3 is 5.32 Å². The molecule has 0 radical (unpaired) electrons. The van der Waals surface area contributed by atoms with Crippen molar-refractivity contribution in [2.75, 3.05) is 5.32 Å². The smallest absolute Gasteiger partial charge is 0.0648 e. The first-order chi connectivity index (χ1) is 8.69. The third-order valence-electron chi connectivity index (χ3n) is 3.57. The lowest BCUT2D eigenvalue weighted by Gasteiger charge is -2.09. The summed E-state index contributed by atoms with van der Waals surface area (Å²) in [5.41, 5.74) is 3.79. The van der Waals surface area contributed by atoms with E-state index in [1.54, 1.807) is 0 Å². The van der Waals surface area contributed by atoms with Crippen molar-refractivity contribution in [2.45, 2.75) is 32.7 Å². The molecule has 1 aromatic heterocycles. The fraction of sp³-hybridized carbons (Fsp3) is 0.333. The van der Waals surface area contributed by atoms with Crippen molar-refractivity contribution in [2.24, 2.45) is 0 Å². The van der Waals surface area contributed by atoms with E-state index in [4.69, 9.17) is 11.6 Å². The molecule has 3 rings (SSSR count). The van der Waals surface area contributed by atoms with Crippen molar-refractivity contribution in [1.82, 2.24) is 0 Å². The summed E-state index contributed by atoms with van der Waals surface area (Å²) < 4.78 is 0. The highest BCUT2D eigenvalue weighted by molar-refractivity contribution is 7.12. The summed E-state index contributed by atoms with van der Waals surface area (Å²) in [6, 6.07) is 8.97. The monoisotopic (exact) mass is 277 g/mol. The molecule has 0 amide bonds. The lowest BCUT2D eigenvalue weighted by atomic mass is 10.1.